The van der Waals surface area contributed by atoms with Gasteiger partial charge in [0.1, 0.15) is 0 Å². The summed E-state index contributed by atoms with van der Waals surface area (Å²) in [5.41, 5.74) is 0. The van der Waals surface area contributed by atoms with Gasteiger partial charge in [-0.2, -0.15) is 11.8 Å². The topological polar surface area (TPSA) is 27.6 Å². The highest BCUT2D eigenvalue weighted by Gasteiger charge is 2.30. The average molecular weight is 255 g/mol. The van der Waals surface area contributed by atoms with Crippen LogP contribution in [0.5, 0.6) is 0 Å². The molecule has 0 unspecified atom stereocenters. The molecule has 2 fully saturated rings. The van der Waals surface area contributed by atoms with Crippen molar-refractivity contribution in [3.63, 3.8) is 0 Å². The third kappa shape index (κ3) is 3.54. The van der Waals surface area contributed by atoms with Crippen molar-refractivity contribution in [3.05, 3.63) is 0 Å². The Bertz CT molecular complexity index is 284. The molecular weight excluding hydrogens is 230 g/mol. The number of aliphatic imine (C=N–C) groups is 1. The third-order valence-electron chi connectivity index (χ3n) is 3.47. The van der Waals surface area contributed by atoms with Gasteiger partial charge in [-0.15, -0.1) is 0 Å². The molecule has 0 aromatic rings. The molecule has 0 bridgehead atoms. The van der Waals surface area contributed by atoms with Crippen LogP contribution in [-0.4, -0.2) is 47.0 Å². The summed E-state index contributed by atoms with van der Waals surface area (Å²) in [7, 11) is 0. The minimum atomic E-state index is 0.355. The Balaban J connectivity index is 1.97. The maximum Gasteiger partial charge on any atom is 0.194 e. The van der Waals surface area contributed by atoms with Crippen molar-refractivity contribution in [1.82, 2.24) is 10.2 Å². The zero-order valence-electron chi connectivity index (χ0n) is 11.3. The highest BCUT2D eigenvalue weighted by Crippen LogP contribution is 2.29. The number of hydrogen-bond acceptors (Lipinski definition) is 2. The Morgan fingerprint density at radius 3 is 2.76 bits per heavy atom. The summed E-state index contributed by atoms with van der Waals surface area (Å²) in [5, 5.41) is 3.63. The van der Waals surface area contributed by atoms with Crippen molar-refractivity contribution in [3.8, 4) is 0 Å². The molecule has 1 N–H and O–H groups in total. The van der Waals surface area contributed by atoms with Crippen LogP contribution < -0.4 is 5.32 Å². The van der Waals surface area contributed by atoms with Gasteiger partial charge >= 0.3 is 0 Å². The fourth-order valence-electron chi connectivity index (χ4n) is 2.32. The van der Waals surface area contributed by atoms with E-state index in [1.807, 2.05) is 0 Å². The maximum absolute atomic E-state index is 4.66. The zero-order valence-corrected chi connectivity index (χ0v) is 12.1. The van der Waals surface area contributed by atoms with Crippen molar-refractivity contribution < 1.29 is 0 Å². The van der Waals surface area contributed by atoms with E-state index in [4.69, 9.17) is 0 Å². The van der Waals surface area contributed by atoms with E-state index in [-0.39, 0.29) is 0 Å². The largest absolute Gasteiger partial charge is 0.354 e. The molecule has 1 aliphatic carbocycles. The van der Waals surface area contributed by atoms with Crippen molar-refractivity contribution in [2.75, 3.05) is 25.4 Å². The molecule has 0 aromatic carbocycles. The number of guanidine groups is 1. The zero-order chi connectivity index (χ0) is 12.3. The van der Waals surface area contributed by atoms with Crippen LogP contribution in [0.25, 0.3) is 0 Å². The molecule has 3 nitrogen and oxygen atoms in total. The molecule has 2 aliphatic rings. The Morgan fingerprint density at radius 1 is 1.47 bits per heavy atom. The molecule has 0 radical (unpaired) electrons. The Morgan fingerprint density at radius 2 is 2.24 bits per heavy atom. The quantitative estimate of drug-likeness (QED) is 0.606. The predicted octanol–water partition coefficient (Wildman–Crippen LogP) is 2.33. The molecular formula is C13H25N3S. The van der Waals surface area contributed by atoms with Gasteiger partial charge in [0.2, 0.25) is 0 Å². The predicted molar refractivity (Wildman–Crippen MR) is 76.9 cm³/mol. The van der Waals surface area contributed by atoms with Crippen molar-refractivity contribution >= 4 is 17.7 Å². The van der Waals surface area contributed by atoms with Gasteiger partial charge in [0.25, 0.3) is 0 Å². The first-order valence-corrected chi connectivity index (χ1v) is 7.79. The van der Waals surface area contributed by atoms with E-state index in [0.29, 0.717) is 10.8 Å². The van der Waals surface area contributed by atoms with E-state index in [1.165, 1.54) is 25.0 Å². The lowest BCUT2D eigenvalue weighted by atomic mass is 9.93. The first kappa shape index (κ1) is 13.1. The van der Waals surface area contributed by atoms with E-state index < -0.39 is 0 Å². The maximum atomic E-state index is 4.66. The van der Waals surface area contributed by atoms with Crippen LogP contribution in [0, 0.1) is 0 Å². The van der Waals surface area contributed by atoms with Gasteiger partial charge in [-0.05, 0) is 40.0 Å². The summed E-state index contributed by atoms with van der Waals surface area (Å²) in [6.45, 7) is 9.89. The number of rotatable bonds is 2. The second-order valence-electron chi connectivity index (χ2n) is 5.60. The van der Waals surface area contributed by atoms with Crippen LogP contribution in [0.4, 0.5) is 0 Å². The molecule has 1 heterocycles. The van der Waals surface area contributed by atoms with Crippen molar-refractivity contribution in [1.29, 1.82) is 0 Å². The van der Waals surface area contributed by atoms with E-state index in [2.05, 4.69) is 47.7 Å². The molecule has 4 heteroatoms. The van der Waals surface area contributed by atoms with Gasteiger partial charge < -0.3 is 10.2 Å². The first-order chi connectivity index (χ1) is 8.11. The SMILES string of the molecule is CCN=C(NC1CCC1)N1CCSC(C)(C)C1. The van der Waals surface area contributed by atoms with E-state index >= 15 is 0 Å². The van der Waals surface area contributed by atoms with Gasteiger partial charge in [-0.25, -0.2) is 0 Å². The summed E-state index contributed by atoms with van der Waals surface area (Å²) in [6, 6.07) is 0.679. The van der Waals surface area contributed by atoms with Crippen LogP contribution in [0.3, 0.4) is 0 Å². The molecule has 0 amide bonds. The number of nitrogens with zero attached hydrogens (tertiary/aromatic N) is 2. The molecule has 0 spiro atoms. The fraction of sp³-hybridized carbons (Fsp3) is 0.923. The summed E-state index contributed by atoms with van der Waals surface area (Å²) >= 11 is 2.07. The van der Waals surface area contributed by atoms with Crippen molar-refractivity contribution in [2.45, 2.75) is 50.8 Å². The van der Waals surface area contributed by atoms with Gasteiger partial charge in [-0.3, -0.25) is 4.99 Å². The van der Waals surface area contributed by atoms with Gasteiger partial charge in [0.15, 0.2) is 5.96 Å². The highest BCUT2D eigenvalue weighted by molar-refractivity contribution is 8.00. The minimum absolute atomic E-state index is 0.355. The molecule has 17 heavy (non-hydrogen) atoms. The van der Waals surface area contributed by atoms with Crippen LogP contribution in [0.15, 0.2) is 4.99 Å². The Hall–Kier alpha value is -0.380. The molecule has 1 saturated heterocycles. The molecule has 0 aromatic heterocycles. The number of thioether (sulfide) groups is 1. The smallest absolute Gasteiger partial charge is 0.194 e. The minimum Gasteiger partial charge on any atom is -0.354 e. The molecule has 98 valence electrons. The molecule has 1 saturated carbocycles. The van der Waals surface area contributed by atoms with Gasteiger partial charge in [-0.1, -0.05) is 0 Å². The third-order valence-corrected chi connectivity index (χ3v) is 4.77. The highest BCUT2D eigenvalue weighted by atomic mass is 32.2. The number of nitrogens with one attached hydrogen (secondary N) is 1. The fourth-order valence-corrected chi connectivity index (χ4v) is 3.43. The normalized spacial score (nSPS) is 25.6. The summed E-state index contributed by atoms with van der Waals surface area (Å²) in [6.07, 6.45) is 4.00. The van der Waals surface area contributed by atoms with Crippen LogP contribution in [0.2, 0.25) is 0 Å². The van der Waals surface area contributed by atoms with E-state index in [0.717, 1.165) is 25.6 Å². The van der Waals surface area contributed by atoms with E-state index in [1.54, 1.807) is 0 Å². The monoisotopic (exact) mass is 255 g/mol. The van der Waals surface area contributed by atoms with Crippen LogP contribution >= 0.6 is 11.8 Å². The second-order valence-corrected chi connectivity index (χ2v) is 7.40. The summed E-state index contributed by atoms with van der Waals surface area (Å²) < 4.78 is 0.355. The lowest BCUT2D eigenvalue weighted by Gasteiger charge is -2.41. The standard InChI is InChI=1S/C13H25N3S/c1-4-14-12(15-11-6-5-7-11)16-8-9-17-13(2,3)10-16/h11H,4-10H2,1-3H3,(H,14,15). The average Bonchev–Trinajstić information content (AvgIpc) is 2.20. The van der Waals surface area contributed by atoms with Crippen molar-refractivity contribution in [2.24, 2.45) is 4.99 Å². The summed E-state index contributed by atoms with van der Waals surface area (Å²) in [4.78, 5) is 7.10. The molecule has 2 rings (SSSR count). The lowest BCUT2D eigenvalue weighted by molar-refractivity contribution is 0.333. The second kappa shape index (κ2) is 5.51. The van der Waals surface area contributed by atoms with Crippen LogP contribution in [0.1, 0.15) is 40.0 Å². The lowest BCUT2D eigenvalue weighted by Crippen LogP contribution is -2.54. The first-order valence-electron chi connectivity index (χ1n) is 6.80. The van der Waals surface area contributed by atoms with Crippen LogP contribution in [-0.2, 0) is 0 Å². The summed E-state index contributed by atoms with van der Waals surface area (Å²) in [5.74, 6) is 2.35. The Labute approximate surface area is 109 Å². The number of hydrogen-bond donors (Lipinski definition) is 1. The molecule has 1 aliphatic heterocycles. The molecule has 0 atom stereocenters. The van der Waals surface area contributed by atoms with Gasteiger partial charge in [0.05, 0.1) is 0 Å². The van der Waals surface area contributed by atoms with E-state index in [9.17, 15) is 0 Å². The Kier molecular flexibility index (Phi) is 4.23. The van der Waals surface area contributed by atoms with Gasteiger partial charge in [0, 0.05) is 36.2 Å².